The molecule has 0 fully saturated rings. The van der Waals surface area contributed by atoms with E-state index in [-0.39, 0.29) is 17.5 Å². The average molecular weight is 282 g/mol. The van der Waals surface area contributed by atoms with E-state index in [4.69, 9.17) is 0 Å². The van der Waals surface area contributed by atoms with Crippen LogP contribution in [0.2, 0.25) is 0 Å². The zero-order valence-corrected chi connectivity index (χ0v) is 11.4. The monoisotopic (exact) mass is 282 g/mol. The van der Waals surface area contributed by atoms with Crippen molar-refractivity contribution < 1.29 is 4.79 Å². The van der Waals surface area contributed by atoms with Crippen molar-refractivity contribution in [2.24, 2.45) is 5.10 Å². The molecule has 2 N–H and O–H groups in total. The van der Waals surface area contributed by atoms with Crippen LogP contribution in [0.4, 0.5) is 4.79 Å². The van der Waals surface area contributed by atoms with Gasteiger partial charge in [-0.05, 0) is 19.1 Å². The van der Waals surface area contributed by atoms with Gasteiger partial charge in [-0.25, -0.2) is 10.2 Å². The predicted molar refractivity (Wildman–Crippen MR) is 79.7 cm³/mol. The van der Waals surface area contributed by atoms with Gasteiger partial charge < -0.3 is 9.88 Å². The lowest BCUT2D eigenvalue weighted by atomic mass is 10.0. The first-order chi connectivity index (χ1) is 10.1. The Hall–Kier alpha value is -2.89. The maximum atomic E-state index is 11.2. The normalized spacial score (nSPS) is 17.7. The van der Waals surface area contributed by atoms with Gasteiger partial charge in [0.1, 0.15) is 0 Å². The smallest absolute Gasteiger partial charge is 0.328 e. The predicted octanol–water partition coefficient (Wildman–Crippen LogP) is 1.24. The van der Waals surface area contributed by atoms with Crippen LogP contribution in [0.25, 0.3) is 5.69 Å². The van der Waals surface area contributed by atoms with Gasteiger partial charge in [0, 0.05) is 35.8 Å². The van der Waals surface area contributed by atoms with Gasteiger partial charge in [0.25, 0.3) is 0 Å². The molecule has 1 atom stereocenters. The molecule has 2 aromatic rings. The lowest BCUT2D eigenvalue weighted by molar-refractivity contribution is 0.239. The van der Waals surface area contributed by atoms with Crippen LogP contribution in [-0.4, -0.2) is 22.4 Å². The number of rotatable bonds is 2. The Morgan fingerprint density at radius 2 is 1.71 bits per heavy atom. The van der Waals surface area contributed by atoms with Crippen molar-refractivity contribution in [1.82, 2.24) is 15.3 Å². The summed E-state index contributed by atoms with van der Waals surface area (Å²) in [6, 6.07) is 10.3. The zero-order valence-electron chi connectivity index (χ0n) is 11.4. The van der Waals surface area contributed by atoms with Crippen LogP contribution >= 0.6 is 0 Å². The number of benzene rings is 1. The molecular weight excluding hydrogens is 268 g/mol. The van der Waals surface area contributed by atoms with Gasteiger partial charge >= 0.3 is 6.03 Å². The van der Waals surface area contributed by atoms with Crippen molar-refractivity contribution in [3.8, 4) is 5.69 Å². The number of hydrogen-bond donors (Lipinski definition) is 2. The average Bonchev–Trinajstić information content (AvgIpc) is 2.48. The van der Waals surface area contributed by atoms with Gasteiger partial charge in [-0.15, -0.1) is 0 Å². The Morgan fingerprint density at radius 3 is 2.33 bits per heavy atom. The molecule has 2 heterocycles. The fraction of sp³-hybridized carbons (Fsp3) is 0.133. The molecule has 2 amide bonds. The molecule has 0 spiro atoms. The quantitative estimate of drug-likeness (QED) is 0.869. The van der Waals surface area contributed by atoms with Gasteiger partial charge in [0.15, 0.2) is 5.43 Å². The Morgan fingerprint density at radius 1 is 1.05 bits per heavy atom. The third-order valence-corrected chi connectivity index (χ3v) is 3.30. The molecule has 1 aromatic carbocycles. The summed E-state index contributed by atoms with van der Waals surface area (Å²) in [4.78, 5) is 22.3. The molecule has 3 rings (SSSR count). The van der Waals surface area contributed by atoms with Crippen LogP contribution in [0.5, 0.6) is 0 Å². The fourth-order valence-electron chi connectivity index (χ4n) is 2.21. The van der Waals surface area contributed by atoms with Crippen LogP contribution in [0.3, 0.4) is 0 Å². The number of nitrogens with one attached hydrogen (secondary N) is 2. The number of pyridine rings is 1. The number of carbonyl (C=O) groups excluding carboxylic acids is 1. The molecule has 0 saturated heterocycles. The van der Waals surface area contributed by atoms with Gasteiger partial charge in [0.05, 0.1) is 11.8 Å². The highest BCUT2D eigenvalue weighted by molar-refractivity contribution is 6.07. The first kappa shape index (κ1) is 13.1. The van der Waals surface area contributed by atoms with E-state index in [1.54, 1.807) is 12.4 Å². The van der Waals surface area contributed by atoms with Gasteiger partial charge in [-0.2, -0.15) is 5.10 Å². The second-order valence-electron chi connectivity index (χ2n) is 4.79. The molecule has 1 aliphatic heterocycles. The highest BCUT2D eigenvalue weighted by atomic mass is 16.2. The van der Waals surface area contributed by atoms with Crippen LogP contribution in [0, 0.1) is 0 Å². The van der Waals surface area contributed by atoms with E-state index in [2.05, 4.69) is 15.8 Å². The lowest BCUT2D eigenvalue weighted by Gasteiger charge is -2.21. The Kier molecular flexibility index (Phi) is 3.27. The Labute approximate surface area is 121 Å². The molecule has 0 radical (unpaired) electrons. The maximum absolute atomic E-state index is 11.2. The summed E-state index contributed by atoms with van der Waals surface area (Å²) in [5.41, 5.74) is 5.05. The summed E-state index contributed by atoms with van der Waals surface area (Å²) in [6.45, 7) is 1.88. The van der Waals surface area contributed by atoms with Crippen molar-refractivity contribution in [2.45, 2.75) is 13.0 Å². The number of aromatic nitrogens is 1. The van der Waals surface area contributed by atoms with E-state index < -0.39 is 0 Å². The van der Waals surface area contributed by atoms with Crippen LogP contribution in [0.1, 0.15) is 12.5 Å². The summed E-state index contributed by atoms with van der Waals surface area (Å²) < 4.78 is 1.86. The van der Waals surface area contributed by atoms with Crippen molar-refractivity contribution in [2.75, 3.05) is 0 Å². The molecule has 1 unspecified atom stereocenters. The minimum absolute atomic E-state index is 0.0185. The summed E-state index contributed by atoms with van der Waals surface area (Å²) in [7, 11) is 0. The second-order valence-corrected chi connectivity index (χ2v) is 4.79. The minimum atomic E-state index is -0.295. The van der Waals surface area contributed by atoms with E-state index in [1.807, 2.05) is 35.8 Å². The fourth-order valence-corrected chi connectivity index (χ4v) is 2.21. The van der Waals surface area contributed by atoms with Gasteiger partial charge in [0.2, 0.25) is 0 Å². The number of hydrazone groups is 1. The molecular formula is C15H14N4O2. The molecule has 21 heavy (non-hydrogen) atoms. The number of amides is 2. The zero-order chi connectivity index (χ0) is 14.8. The van der Waals surface area contributed by atoms with E-state index in [0.29, 0.717) is 0 Å². The van der Waals surface area contributed by atoms with Crippen LogP contribution in [0.15, 0.2) is 58.7 Å². The third-order valence-electron chi connectivity index (χ3n) is 3.30. The summed E-state index contributed by atoms with van der Waals surface area (Å²) >= 11 is 0. The van der Waals surface area contributed by atoms with Crippen LogP contribution < -0.4 is 16.2 Å². The first-order valence-corrected chi connectivity index (χ1v) is 6.57. The molecule has 1 aromatic heterocycles. The standard InChI is InChI=1S/C15H14N4O2/c1-10-14(17-18-15(21)16-10)11-2-4-12(5-3-11)19-8-6-13(20)7-9-19/h2-10H,1H3,(H2,16,18,21). The van der Waals surface area contributed by atoms with Gasteiger partial charge in [-0.3, -0.25) is 4.79 Å². The minimum Gasteiger partial charge on any atom is -0.328 e. The van der Waals surface area contributed by atoms with E-state index in [1.165, 1.54) is 12.1 Å². The lowest BCUT2D eigenvalue weighted by Crippen LogP contribution is -2.48. The number of carbonyl (C=O) groups is 1. The maximum Gasteiger partial charge on any atom is 0.335 e. The topological polar surface area (TPSA) is 75.5 Å². The second kappa shape index (κ2) is 5.24. The van der Waals surface area contributed by atoms with Crippen molar-refractivity contribution in [3.63, 3.8) is 0 Å². The molecule has 0 bridgehead atoms. The molecule has 6 nitrogen and oxygen atoms in total. The summed E-state index contributed by atoms with van der Waals surface area (Å²) in [6.07, 6.45) is 3.44. The molecule has 1 aliphatic rings. The Balaban J connectivity index is 1.89. The van der Waals surface area contributed by atoms with Crippen molar-refractivity contribution >= 4 is 11.7 Å². The van der Waals surface area contributed by atoms with E-state index in [0.717, 1.165) is 17.0 Å². The van der Waals surface area contributed by atoms with E-state index >= 15 is 0 Å². The highest BCUT2D eigenvalue weighted by Crippen LogP contribution is 2.12. The largest absolute Gasteiger partial charge is 0.335 e. The number of nitrogens with zero attached hydrogens (tertiary/aromatic N) is 2. The Bertz CT molecular complexity index is 741. The molecule has 6 heteroatoms. The SMILES string of the molecule is CC1NC(=O)NN=C1c1ccc(-n2ccc(=O)cc2)cc1. The van der Waals surface area contributed by atoms with Gasteiger partial charge in [-0.1, -0.05) is 12.1 Å². The highest BCUT2D eigenvalue weighted by Gasteiger charge is 2.19. The van der Waals surface area contributed by atoms with Crippen LogP contribution in [-0.2, 0) is 0 Å². The molecule has 106 valence electrons. The first-order valence-electron chi connectivity index (χ1n) is 6.57. The molecule has 0 saturated carbocycles. The third kappa shape index (κ3) is 2.69. The number of hydrogen-bond acceptors (Lipinski definition) is 3. The van der Waals surface area contributed by atoms with Crippen molar-refractivity contribution in [3.05, 3.63) is 64.6 Å². The van der Waals surface area contributed by atoms with Crippen molar-refractivity contribution in [1.29, 1.82) is 0 Å². The summed E-state index contributed by atoms with van der Waals surface area (Å²) in [5.74, 6) is 0. The molecule has 0 aliphatic carbocycles. The van der Waals surface area contributed by atoms with E-state index in [9.17, 15) is 9.59 Å². The number of urea groups is 1. The summed E-state index contributed by atoms with van der Waals surface area (Å²) in [5, 5.41) is 6.84.